The molecule has 7 rings (SSSR count). The van der Waals surface area contributed by atoms with Gasteiger partial charge >= 0.3 is 5.69 Å². The highest BCUT2D eigenvalue weighted by Crippen LogP contribution is 2.67. The second-order valence-electron chi connectivity index (χ2n) is 22.5. The van der Waals surface area contributed by atoms with Crippen molar-refractivity contribution in [2.24, 2.45) is 46.3 Å². The lowest BCUT2D eigenvalue weighted by Gasteiger charge is -2.59. The summed E-state index contributed by atoms with van der Waals surface area (Å²) in [6, 6.07) is 8.03. The molecule has 3 amide bonds. The van der Waals surface area contributed by atoms with Crippen molar-refractivity contribution in [1.29, 1.82) is 0 Å². The molecule has 3 saturated carbocycles. The lowest BCUT2D eigenvalue weighted by molar-refractivity contribution is -0.387. The van der Waals surface area contributed by atoms with Crippen molar-refractivity contribution in [1.82, 2.24) is 30.6 Å². The maximum Gasteiger partial charge on any atom is 0.300 e. The number of unbranched alkanes of at least 4 members (excludes halogenated alkanes) is 2. The number of allylic oxidation sites excluding steroid dienone is 1. The van der Waals surface area contributed by atoms with Gasteiger partial charge in [-0.25, -0.2) is 13.0 Å². The van der Waals surface area contributed by atoms with E-state index < -0.39 is 25.6 Å². The number of nitrogens with zero attached hydrogens (tertiary/aromatic N) is 5. The van der Waals surface area contributed by atoms with Gasteiger partial charge in [-0.3, -0.25) is 34.6 Å². The number of benzene rings is 2. The van der Waals surface area contributed by atoms with Gasteiger partial charge in [0.2, 0.25) is 33.3 Å². The third-order valence-electron chi connectivity index (χ3n) is 17.5. The summed E-state index contributed by atoms with van der Waals surface area (Å²) in [5.74, 6) is 3.29. The van der Waals surface area contributed by atoms with Crippen molar-refractivity contribution < 1.29 is 37.3 Å². The van der Waals surface area contributed by atoms with Gasteiger partial charge in [-0.15, -0.1) is 0 Å². The van der Waals surface area contributed by atoms with E-state index in [-0.39, 0.29) is 103 Å². The lowest BCUT2D eigenvalue weighted by Crippen LogP contribution is -2.53. The third kappa shape index (κ3) is 12.9. The Kier molecular flexibility index (Phi) is 18.9. The second-order valence-corrected chi connectivity index (χ2v) is 24.4. The Bertz CT molecular complexity index is 2620. The number of aromatic nitrogens is 2. The SMILES string of the molecule is CC(C)CCC[C@@H](C)[C@H]1CCC2C3CC=C4C[C@@H](N(CCCNC(=O)CCNC(=O)CCNC(=O)CCCCCNc5ccc([N+](=O)[O-])c6nonc56)S(=O)(=O)c5ccccc5[N+](=O)[O-])CC[C@]4(C)C3CC[C@@]21C. The summed E-state index contributed by atoms with van der Waals surface area (Å²) >= 11 is 0. The second kappa shape index (κ2) is 24.9. The number of anilines is 1. The van der Waals surface area contributed by atoms with Crippen LogP contribution in [0, 0.1) is 66.6 Å². The van der Waals surface area contributed by atoms with Crippen LogP contribution < -0.4 is 21.3 Å². The van der Waals surface area contributed by atoms with Crippen LogP contribution in [0.3, 0.4) is 0 Å². The zero-order valence-electron chi connectivity index (χ0n) is 44.1. The maximum absolute atomic E-state index is 14.6. The molecule has 3 unspecified atom stereocenters. The van der Waals surface area contributed by atoms with Crippen molar-refractivity contribution in [2.45, 2.75) is 161 Å². The smallest absolute Gasteiger partial charge is 0.300 e. The zero-order chi connectivity index (χ0) is 53.2. The molecular weight excluding hydrogens is 967 g/mol. The molecule has 4 aliphatic carbocycles. The molecule has 406 valence electrons. The molecular formula is C54H79N9O10S. The van der Waals surface area contributed by atoms with Crippen molar-refractivity contribution in [3.8, 4) is 0 Å². The van der Waals surface area contributed by atoms with Gasteiger partial charge in [0, 0.05) is 70.2 Å². The van der Waals surface area contributed by atoms with E-state index in [1.807, 2.05) is 0 Å². The van der Waals surface area contributed by atoms with Crippen molar-refractivity contribution in [3.63, 3.8) is 0 Å². The first-order chi connectivity index (χ1) is 35.3. The highest BCUT2D eigenvalue weighted by Gasteiger charge is 2.59. The van der Waals surface area contributed by atoms with Gasteiger partial charge in [-0.1, -0.05) is 84.1 Å². The van der Waals surface area contributed by atoms with E-state index in [9.17, 15) is 43.0 Å². The van der Waals surface area contributed by atoms with E-state index in [1.54, 1.807) is 6.07 Å². The minimum Gasteiger partial charge on any atom is -0.383 e. The van der Waals surface area contributed by atoms with E-state index in [1.165, 1.54) is 85.2 Å². The average molecular weight is 1050 g/mol. The summed E-state index contributed by atoms with van der Waals surface area (Å²) in [5.41, 5.74) is 1.91. The molecule has 8 atom stereocenters. The summed E-state index contributed by atoms with van der Waals surface area (Å²) in [6.45, 7) is 13.2. The Morgan fingerprint density at radius 2 is 1.45 bits per heavy atom. The van der Waals surface area contributed by atoms with Crippen LogP contribution in [0.25, 0.3) is 11.0 Å². The minimum absolute atomic E-state index is 0.00520. The van der Waals surface area contributed by atoms with Crippen molar-refractivity contribution in [2.75, 3.05) is 38.0 Å². The molecule has 4 aliphatic rings. The van der Waals surface area contributed by atoms with Crippen LogP contribution in [0.15, 0.2) is 57.6 Å². The standard InChI is InChI=1S/C54H79N9O10S/c1-36(2)13-11-14-37(3)41-20-21-42-40-19-18-38-35-39(24-28-53(38,4)43(40)25-29-54(41,42)5)61(74(71,72)47-16-9-8-15-45(47)62(67)68)34-12-31-56-49(65)26-33-58-50(66)27-32-57-48(64)17-7-6-10-30-55-44-22-23-46(63(69)70)52-51(44)59-73-60-52/h8-9,15-16,18,22-23,36-37,39-43,55H,6-7,10-14,17,19-21,24-35H2,1-5H3,(H,56,65)(H,57,64)(H,58,66)/t37-,39+,40?,41-,42?,43?,53+,54-/m1/s1. The van der Waals surface area contributed by atoms with Crippen LogP contribution in [-0.4, -0.2) is 89.4 Å². The molecule has 0 aliphatic heterocycles. The van der Waals surface area contributed by atoms with Gasteiger partial charge in [-0.2, -0.15) is 4.31 Å². The molecule has 1 heterocycles. The van der Waals surface area contributed by atoms with Crippen molar-refractivity contribution >= 4 is 55.8 Å². The Morgan fingerprint density at radius 1 is 0.757 bits per heavy atom. The van der Waals surface area contributed by atoms with Gasteiger partial charge in [-0.05, 0) is 139 Å². The summed E-state index contributed by atoms with van der Waals surface area (Å²) < 4.78 is 35.4. The normalized spacial score (nSPS) is 24.9. The number of sulfonamides is 1. The molecule has 0 radical (unpaired) electrons. The first-order valence-corrected chi connectivity index (χ1v) is 28.7. The summed E-state index contributed by atoms with van der Waals surface area (Å²) in [6.07, 6.45) is 17.2. The van der Waals surface area contributed by atoms with E-state index in [0.29, 0.717) is 54.7 Å². The Labute approximate surface area is 435 Å². The zero-order valence-corrected chi connectivity index (χ0v) is 44.9. The molecule has 0 spiro atoms. The molecule has 0 bridgehead atoms. The summed E-state index contributed by atoms with van der Waals surface area (Å²) in [4.78, 5) is 59.6. The fourth-order valence-corrected chi connectivity index (χ4v) is 15.5. The van der Waals surface area contributed by atoms with E-state index in [4.69, 9.17) is 0 Å². The van der Waals surface area contributed by atoms with Crippen molar-refractivity contribution in [3.05, 3.63) is 68.3 Å². The quantitative estimate of drug-likeness (QED) is 0.0240. The van der Waals surface area contributed by atoms with E-state index >= 15 is 0 Å². The van der Waals surface area contributed by atoms with E-state index in [0.717, 1.165) is 43.4 Å². The van der Waals surface area contributed by atoms with Crippen LogP contribution in [0.1, 0.15) is 150 Å². The number of hydrogen-bond donors (Lipinski definition) is 4. The summed E-state index contributed by atoms with van der Waals surface area (Å²) in [5, 5.41) is 42.2. The molecule has 0 saturated heterocycles. The predicted molar refractivity (Wildman–Crippen MR) is 282 cm³/mol. The number of carbonyl (C=O) groups excluding carboxylic acids is 3. The topological polar surface area (TPSA) is 262 Å². The van der Waals surface area contributed by atoms with Crippen LogP contribution in [0.2, 0.25) is 0 Å². The number of nitrogens with one attached hydrogen (secondary N) is 4. The fraction of sp³-hybridized carbons (Fsp3) is 0.685. The maximum atomic E-state index is 14.6. The Balaban J connectivity index is 0.842. The largest absolute Gasteiger partial charge is 0.383 e. The number of hydrogen-bond acceptors (Lipinski definition) is 13. The van der Waals surface area contributed by atoms with Crippen LogP contribution in [0.4, 0.5) is 17.1 Å². The lowest BCUT2D eigenvalue weighted by atomic mass is 9.47. The molecule has 2 aromatic carbocycles. The van der Waals surface area contributed by atoms with Gasteiger partial charge in [0.1, 0.15) is 0 Å². The van der Waals surface area contributed by atoms with Crippen LogP contribution in [-0.2, 0) is 24.4 Å². The number of nitro benzene ring substituents is 2. The molecule has 19 nitrogen and oxygen atoms in total. The highest BCUT2D eigenvalue weighted by molar-refractivity contribution is 7.89. The van der Waals surface area contributed by atoms with Gasteiger partial charge < -0.3 is 21.3 Å². The number of nitro groups is 2. The number of fused-ring (bicyclic) bond motifs is 6. The first-order valence-electron chi connectivity index (χ1n) is 27.2. The molecule has 4 N–H and O–H groups in total. The predicted octanol–water partition coefficient (Wildman–Crippen LogP) is 9.63. The molecule has 20 heteroatoms. The molecule has 3 aromatic rings. The Hall–Kier alpha value is -5.50. The third-order valence-corrected chi connectivity index (χ3v) is 19.5. The molecule has 74 heavy (non-hydrogen) atoms. The van der Waals surface area contributed by atoms with Gasteiger partial charge in [0.25, 0.3) is 5.69 Å². The summed E-state index contributed by atoms with van der Waals surface area (Å²) in [7, 11) is -4.31. The molecule has 1 aromatic heterocycles. The Morgan fingerprint density at radius 3 is 2.16 bits per heavy atom. The number of rotatable bonds is 27. The van der Waals surface area contributed by atoms with Crippen LogP contribution in [0.5, 0.6) is 0 Å². The number of para-hydroxylation sites is 1. The monoisotopic (exact) mass is 1050 g/mol. The molecule has 3 fully saturated rings. The van der Waals surface area contributed by atoms with Gasteiger partial charge in [0.05, 0.1) is 15.5 Å². The number of amides is 3. The first kappa shape index (κ1) is 56.2. The van der Waals surface area contributed by atoms with Crippen LogP contribution >= 0.6 is 0 Å². The fourth-order valence-electron chi connectivity index (χ4n) is 13.7. The van der Waals surface area contributed by atoms with E-state index in [2.05, 4.69) is 76.9 Å². The average Bonchev–Trinajstić information content (AvgIpc) is 4.00. The van der Waals surface area contributed by atoms with Gasteiger partial charge in [0.15, 0.2) is 10.4 Å². The highest BCUT2D eigenvalue weighted by atomic mass is 32.2. The minimum atomic E-state index is -4.31. The number of non-ortho nitro benzene ring substituents is 1. The number of carbonyl (C=O) groups is 3.